The Bertz CT molecular complexity index is 1860. The summed E-state index contributed by atoms with van der Waals surface area (Å²) in [6.07, 6.45) is 1.48. The number of benzene rings is 2. The van der Waals surface area contributed by atoms with E-state index in [0.717, 1.165) is 30.5 Å². The van der Waals surface area contributed by atoms with Crippen LogP contribution in [0.25, 0.3) is 0 Å². The molecule has 14 nitrogen and oxygen atoms in total. The van der Waals surface area contributed by atoms with E-state index >= 15 is 0 Å². The molecule has 15 heteroatoms. The van der Waals surface area contributed by atoms with Crippen LogP contribution in [-0.4, -0.2) is 82.2 Å². The van der Waals surface area contributed by atoms with Crippen molar-refractivity contribution in [3.05, 3.63) is 28.3 Å². The first-order valence-electron chi connectivity index (χ1n) is 17.4. The Labute approximate surface area is 298 Å². The molecule has 0 aromatic heterocycles. The monoisotopic (exact) mass is 732 g/mol. The zero-order valence-corrected chi connectivity index (χ0v) is 31.2. The maximum Gasteiger partial charge on any atom is 0.341 e. The van der Waals surface area contributed by atoms with Gasteiger partial charge in [0.05, 0.1) is 49.8 Å². The average Bonchev–Trinajstić information content (AvgIpc) is 3.77. The smallest absolute Gasteiger partial charge is 0.341 e. The van der Waals surface area contributed by atoms with E-state index in [1.165, 1.54) is 0 Å². The van der Waals surface area contributed by atoms with Crippen molar-refractivity contribution in [1.82, 2.24) is 4.90 Å². The Morgan fingerprint density at radius 1 is 0.980 bits per heavy atom. The number of ether oxygens (including phenoxy) is 7. The van der Waals surface area contributed by atoms with E-state index in [2.05, 4.69) is 4.90 Å². The predicted molar refractivity (Wildman–Crippen MR) is 186 cm³/mol. The van der Waals surface area contributed by atoms with Crippen LogP contribution in [0.5, 0.6) is 34.5 Å². The van der Waals surface area contributed by atoms with Gasteiger partial charge in [-0.2, -0.15) is 8.42 Å². The lowest BCUT2D eigenvalue weighted by Gasteiger charge is -2.38. The summed E-state index contributed by atoms with van der Waals surface area (Å²) in [5, 5.41) is -1.19. The molecule has 0 radical (unpaired) electrons. The standard InChI is InChI=1S/C26H32N2O8.C10H16O4S/c1-6-31-23-17-16(18(27)24(32-7-2)25(23)33-8-3)26(29)36-21(17)19-15-13(9-10-28(19)4)11-14-20(22(15)30-5)35-12-34-14;1-9(2)6-4-5-10(9,3)8(11)7(6)15(12,13)14/h11,19,21H,6-10,12,27H2,1-5H3;6-7H,4-5H2,1-3H3,(H,12,13,14). The quantitative estimate of drug-likeness (QED) is 0.202. The third-order valence-corrected chi connectivity index (χ3v) is 12.7. The van der Waals surface area contributed by atoms with Crippen molar-refractivity contribution in [3.8, 4) is 34.5 Å². The third-order valence-electron chi connectivity index (χ3n) is 11.6. The van der Waals surface area contributed by atoms with Crippen LogP contribution in [0.3, 0.4) is 0 Å². The highest BCUT2D eigenvalue weighted by Crippen LogP contribution is 2.65. The van der Waals surface area contributed by atoms with E-state index in [1.807, 2.05) is 54.7 Å². The van der Waals surface area contributed by atoms with Crippen LogP contribution in [0.1, 0.15) is 93.6 Å². The summed E-state index contributed by atoms with van der Waals surface area (Å²) in [6, 6.07) is 1.59. The van der Waals surface area contributed by atoms with Gasteiger partial charge in [0.2, 0.25) is 18.3 Å². The summed E-state index contributed by atoms with van der Waals surface area (Å²) >= 11 is 0. The summed E-state index contributed by atoms with van der Waals surface area (Å²) in [4.78, 5) is 27.5. The molecule has 3 N–H and O–H groups in total. The maximum atomic E-state index is 13.3. The molecule has 3 aliphatic heterocycles. The first kappa shape index (κ1) is 36.8. The molecule has 3 heterocycles. The number of likely N-dealkylation sites (N-methyl/N-ethyl adjacent to an activating group) is 1. The van der Waals surface area contributed by atoms with Crippen molar-refractivity contribution < 1.29 is 55.7 Å². The van der Waals surface area contributed by atoms with E-state index < -0.39 is 38.9 Å². The van der Waals surface area contributed by atoms with Crippen LogP contribution >= 0.6 is 0 Å². The largest absolute Gasteiger partial charge is 0.492 e. The molecule has 5 aliphatic rings. The fourth-order valence-electron chi connectivity index (χ4n) is 8.71. The molecule has 280 valence electrons. The molecule has 0 saturated heterocycles. The number of methoxy groups -OCH3 is 1. The summed E-state index contributed by atoms with van der Waals surface area (Å²) in [7, 11) is -0.650. The van der Waals surface area contributed by atoms with Gasteiger partial charge >= 0.3 is 5.97 Å². The Balaban J connectivity index is 0.000000249. The zero-order chi connectivity index (χ0) is 37.2. The number of hydrogen-bond donors (Lipinski definition) is 2. The normalized spacial score (nSPS) is 26.9. The first-order valence-corrected chi connectivity index (χ1v) is 18.9. The first-order chi connectivity index (χ1) is 24.1. The number of fused-ring (bicyclic) bond motifs is 5. The predicted octanol–water partition coefficient (Wildman–Crippen LogP) is 4.91. The van der Waals surface area contributed by atoms with E-state index in [-0.39, 0.29) is 40.9 Å². The number of Topliss-reactive ketones (excluding diaryl/α,β-unsaturated/α-hetero) is 1. The Kier molecular flexibility index (Phi) is 9.55. The van der Waals surface area contributed by atoms with Gasteiger partial charge in [0, 0.05) is 17.5 Å². The lowest BCUT2D eigenvalue weighted by atomic mass is 9.70. The summed E-state index contributed by atoms with van der Waals surface area (Å²) in [6.45, 7) is 13.2. The highest BCUT2D eigenvalue weighted by Gasteiger charge is 2.69. The SMILES string of the molecule is CC12CCC(C(S(=O)(=O)O)C1=O)C2(C)C.CCOc1c(N)c2c(c(OCC)c1OCC)C(C1c3c(cc4c(c3OC)OCO4)CCN1C)OC2=O. The van der Waals surface area contributed by atoms with Gasteiger partial charge < -0.3 is 38.9 Å². The molecule has 2 aromatic rings. The van der Waals surface area contributed by atoms with Crippen molar-refractivity contribution in [2.75, 3.05) is 53.0 Å². The van der Waals surface area contributed by atoms with Crippen LogP contribution in [0, 0.1) is 16.7 Å². The molecular weight excluding hydrogens is 684 g/mol. The number of nitrogen functional groups attached to an aromatic ring is 1. The number of hydrogen-bond acceptors (Lipinski definition) is 13. The molecule has 0 spiro atoms. The molecule has 2 aliphatic carbocycles. The van der Waals surface area contributed by atoms with Gasteiger partial charge in [0.15, 0.2) is 34.9 Å². The van der Waals surface area contributed by atoms with Gasteiger partial charge in [-0.15, -0.1) is 0 Å². The molecule has 2 saturated carbocycles. The van der Waals surface area contributed by atoms with Gasteiger partial charge in [0.25, 0.3) is 10.1 Å². The molecule has 5 atom stereocenters. The number of nitrogens with zero attached hydrogens (tertiary/aromatic N) is 1. The van der Waals surface area contributed by atoms with Crippen LogP contribution < -0.4 is 34.2 Å². The minimum absolute atomic E-state index is 0.124. The highest BCUT2D eigenvalue weighted by molar-refractivity contribution is 7.87. The van der Waals surface area contributed by atoms with Crippen LogP contribution in [0.2, 0.25) is 0 Å². The summed E-state index contributed by atoms with van der Waals surface area (Å²) in [5.41, 5.74) is 8.52. The maximum absolute atomic E-state index is 13.3. The number of esters is 1. The molecule has 2 aromatic carbocycles. The minimum atomic E-state index is -4.24. The van der Waals surface area contributed by atoms with E-state index in [0.29, 0.717) is 60.6 Å². The van der Waals surface area contributed by atoms with E-state index in [1.54, 1.807) is 7.11 Å². The highest BCUT2D eigenvalue weighted by atomic mass is 32.2. The lowest BCUT2D eigenvalue weighted by molar-refractivity contribution is -0.128. The number of carbonyl (C=O) groups is 2. The van der Waals surface area contributed by atoms with Crippen LogP contribution in [-0.2, 0) is 26.1 Å². The van der Waals surface area contributed by atoms with Crippen molar-refractivity contribution in [2.24, 2.45) is 16.7 Å². The second-order valence-electron chi connectivity index (χ2n) is 14.2. The average molecular weight is 733 g/mol. The third kappa shape index (κ3) is 5.54. The number of nitrogens with two attached hydrogens (primary N) is 1. The molecule has 2 bridgehead atoms. The second kappa shape index (κ2) is 13.2. The molecule has 0 amide bonds. The van der Waals surface area contributed by atoms with Gasteiger partial charge in [-0.25, -0.2) is 4.79 Å². The Morgan fingerprint density at radius 3 is 2.20 bits per heavy atom. The second-order valence-corrected chi connectivity index (χ2v) is 15.7. The van der Waals surface area contributed by atoms with E-state index in [4.69, 9.17) is 43.4 Å². The summed E-state index contributed by atoms with van der Waals surface area (Å²) in [5.74, 6) is 1.78. The fraction of sp³-hybridized carbons (Fsp3) is 0.611. The minimum Gasteiger partial charge on any atom is -0.492 e. The van der Waals surface area contributed by atoms with E-state index in [9.17, 15) is 18.0 Å². The van der Waals surface area contributed by atoms with Crippen molar-refractivity contribution in [3.63, 3.8) is 0 Å². The topological polar surface area (TPSA) is 182 Å². The summed E-state index contributed by atoms with van der Waals surface area (Å²) < 4.78 is 72.7. The number of ketones is 1. The number of carbonyl (C=O) groups excluding carboxylic acids is 2. The molecule has 2 fully saturated rings. The molecule has 7 rings (SSSR count). The van der Waals surface area contributed by atoms with Crippen molar-refractivity contribution in [1.29, 1.82) is 0 Å². The van der Waals surface area contributed by atoms with Crippen LogP contribution in [0.4, 0.5) is 5.69 Å². The number of anilines is 1. The van der Waals surface area contributed by atoms with Gasteiger partial charge in [-0.1, -0.05) is 20.8 Å². The zero-order valence-electron chi connectivity index (χ0n) is 30.4. The van der Waals surface area contributed by atoms with Crippen molar-refractivity contribution >= 4 is 27.6 Å². The van der Waals surface area contributed by atoms with Gasteiger partial charge in [0.1, 0.15) is 5.25 Å². The van der Waals surface area contributed by atoms with Gasteiger partial charge in [-0.3, -0.25) is 14.2 Å². The van der Waals surface area contributed by atoms with Crippen LogP contribution in [0.15, 0.2) is 6.07 Å². The Hall–Kier alpha value is -3.95. The number of cyclic esters (lactones) is 1. The molecular formula is C36H48N2O12S. The molecule has 51 heavy (non-hydrogen) atoms. The van der Waals surface area contributed by atoms with Gasteiger partial charge in [-0.05, 0) is 70.0 Å². The fourth-order valence-corrected chi connectivity index (χ4v) is 10.1. The number of rotatable bonds is 9. The van der Waals surface area contributed by atoms with Crippen molar-refractivity contribution in [2.45, 2.75) is 78.2 Å². The lowest BCUT2D eigenvalue weighted by Crippen LogP contribution is -2.38. The molecule has 5 unspecified atom stereocenters. The Morgan fingerprint density at radius 2 is 1.63 bits per heavy atom.